The molecule has 0 radical (unpaired) electrons. The lowest BCUT2D eigenvalue weighted by molar-refractivity contribution is 0.187. The van der Waals surface area contributed by atoms with E-state index in [1.165, 1.54) is 25.0 Å². The van der Waals surface area contributed by atoms with Crippen LogP contribution in [0.25, 0.3) is 0 Å². The summed E-state index contributed by atoms with van der Waals surface area (Å²) in [5, 5.41) is 16.4. The summed E-state index contributed by atoms with van der Waals surface area (Å²) < 4.78 is 12.8. The summed E-state index contributed by atoms with van der Waals surface area (Å²) in [7, 11) is 0. The Hall–Kier alpha value is -0.890. The van der Waals surface area contributed by atoms with Crippen LogP contribution in [-0.2, 0) is 0 Å². The molecule has 0 aliphatic heterocycles. The molecule has 0 aromatic heterocycles. The first-order valence-electron chi connectivity index (χ1n) is 7.14. The van der Waals surface area contributed by atoms with Crippen LogP contribution in [0.5, 0.6) is 0 Å². The van der Waals surface area contributed by atoms with E-state index in [1.807, 2.05) is 6.92 Å². The van der Waals surface area contributed by atoms with Gasteiger partial charge in [0.15, 0.2) is 5.96 Å². The number of hydrogen-bond acceptors (Lipinski definition) is 2. The Balaban J connectivity index is 0.00000220. The van der Waals surface area contributed by atoms with Crippen LogP contribution in [0.15, 0.2) is 29.3 Å². The highest BCUT2D eigenvalue weighted by atomic mass is 127. The fraction of sp³-hybridized carbons (Fsp3) is 0.533. The largest absolute Gasteiger partial charge is 0.386 e. The summed E-state index contributed by atoms with van der Waals surface area (Å²) >= 11 is 0. The molecule has 0 heterocycles. The second-order valence-corrected chi connectivity index (χ2v) is 5.11. The zero-order valence-electron chi connectivity index (χ0n) is 12.2. The Morgan fingerprint density at radius 1 is 1.33 bits per heavy atom. The molecule has 1 aromatic carbocycles. The zero-order chi connectivity index (χ0) is 14.4. The third kappa shape index (κ3) is 6.60. The van der Waals surface area contributed by atoms with E-state index in [0.717, 1.165) is 25.0 Å². The molecule has 1 saturated carbocycles. The van der Waals surface area contributed by atoms with Crippen molar-refractivity contribution in [1.82, 2.24) is 10.6 Å². The van der Waals surface area contributed by atoms with Crippen molar-refractivity contribution in [3.8, 4) is 0 Å². The summed E-state index contributed by atoms with van der Waals surface area (Å²) in [6.07, 6.45) is 1.85. The molecule has 1 unspecified atom stereocenters. The van der Waals surface area contributed by atoms with E-state index in [9.17, 15) is 9.50 Å². The van der Waals surface area contributed by atoms with Gasteiger partial charge in [-0.2, -0.15) is 0 Å². The lowest BCUT2D eigenvalue weighted by atomic mass is 10.1. The molecule has 2 rings (SSSR count). The maximum Gasteiger partial charge on any atom is 0.191 e. The van der Waals surface area contributed by atoms with Gasteiger partial charge in [-0.15, -0.1) is 24.0 Å². The monoisotopic (exact) mass is 407 g/mol. The molecule has 0 bridgehead atoms. The molecule has 1 fully saturated rings. The average Bonchev–Trinajstić information content (AvgIpc) is 3.26. The summed E-state index contributed by atoms with van der Waals surface area (Å²) in [5.74, 6) is 1.19. The maximum atomic E-state index is 12.8. The lowest BCUT2D eigenvalue weighted by Gasteiger charge is -2.13. The van der Waals surface area contributed by atoms with Crippen molar-refractivity contribution >= 4 is 29.9 Å². The normalized spacial score (nSPS) is 16.0. The molecule has 4 nitrogen and oxygen atoms in total. The highest BCUT2D eigenvalue weighted by molar-refractivity contribution is 14.0. The van der Waals surface area contributed by atoms with E-state index in [0.29, 0.717) is 5.56 Å². The minimum absolute atomic E-state index is 0. The molecule has 21 heavy (non-hydrogen) atoms. The lowest BCUT2D eigenvalue weighted by Crippen LogP contribution is -2.38. The molecule has 1 atom stereocenters. The van der Waals surface area contributed by atoms with E-state index < -0.39 is 6.10 Å². The van der Waals surface area contributed by atoms with E-state index in [4.69, 9.17) is 0 Å². The van der Waals surface area contributed by atoms with Crippen LogP contribution in [0.1, 0.15) is 31.4 Å². The van der Waals surface area contributed by atoms with Crippen molar-refractivity contribution < 1.29 is 9.50 Å². The van der Waals surface area contributed by atoms with E-state index in [-0.39, 0.29) is 36.3 Å². The second kappa shape index (κ2) is 9.19. The van der Waals surface area contributed by atoms with Crippen LogP contribution in [0, 0.1) is 11.7 Å². The number of nitrogens with zero attached hydrogens (tertiary/aromatic N) is 1. The summed E-state index contributed by atoms with van der Waals surface area (Å²) in [5.41, 5.74) is 0.674. The minimum Gasteiger partial charge on any atom is -0.386 e. The number of aliphatic hydroxyl groups is 1. The van der Waals surface area contributed by atoms with Crippen LogP contribution < -0.4 is 10.6 Å². The van der Waals surface area contributed by atoms with Crippen molar-refractivity contribution in [3.05, 3.63) is 35.6 Å². The molecule has 1 aliphatic rings. The van der Waals surface area contributed by atoms with Crippen LogP contribution in [0.3, 0.4) is 0 Å². The van der Waals surface area contributed by atoms with Crippen LogP contribution in [0.4, 0.5) is 4.39 Å². The van der Waals surface area contributed by atoms with Gasteiger partial charge in [0.1, 0.15) is 5.82 Å². The number of aliphatic hydroxyl groups excluding tert-OH is 1. The third-order valence-corrected chi connectivity index (χ3v) is 3.28. The third-order valence-electron chi connectivity index (χ3n) is 3.28. The van der Waals surface area contributed by atoms with Crippen molar-refractivity contribution in [1.29, 1.82) is 0 Å². The van der Waals surface area contributed by atoms with Gasteiger partial charge in [-0.05, 0) is 43.4 Å². The van der Waals surface area contributed by atoms with Crippen molar-refractivity contribution in [2.45, 2.75) is 25.9 Å². The van der Waals surface area contributed by atoms with Gasteiger partial charge in [-0.1, -0.05) is 12.1 Å². The second-order valence-electron chi connectivity index (χ2n) is 5.11. The van der Waals surface area contributed by atoms with Crippen LogP contribution in [0.2, 0.25) is 0 Å². The Kier molecular flexibility index (Phi) is 7.95. The van der Waals surface area contributed by atoms with Crippen molar-refractivity contribution in [2.75, 3.05) is 19.6 Å². The Labute approximate surface area is 142 Å². The Morgan fingerprint density at radius 3 is 2.57 bits per heavy atom. The predicted molar refractivity (Wildman–Crippen MR) is 93.5 cm³/mol. The highest BCUT2D eigenvalue weighted by Gasteiger charge is 2.21. The number of guanidine groups is 1. The van der Waals surface area contributed by atoms with E-state index >= 15 is 0 Å². The average molecular weight is 407 g/mol. The SMILES string of the molecule is CCNC(=NCC(O)c1ccc(F)cc1)NCC1CC1.I. The van der Waals surface area contributed by atoms with Gasteiger partial charge in [-0.25, -0.2) is 4.39 Å². The van der Waals surface area contributed by atoms with E-state index in [1.54, 1.807) is 12.1 Å². The van der Waals surface area contributed by atoms with E-state index in [2.05, 4.69) is 15.6 Å². The first kappa shape index (κ1) is 18.2. The summed E-state index contributed by atoms with van der Waals surface area (Å²) in [6.45, 7) is 3.97. The van der Waals surface area contributed by atoms with Gasteiger partial charge in [0.2, 0.25) is 0 Å². The van der Waals surface area contributed by atoms with Crippen LogP contribution >= 0.6 is 24.0 Å². The van der Waals surface area contributed by atoms with Gasteiger partial charge in [0, 0.05) is 13.1 Å². The standard InChI is InChI=1S/C15H22FN3O.HI/c1-2-17-15(18-9-11-3-4-11)19-10-14(20)12-5-7-13(16)8-6-12;/h5-8,11,14,20H,2-4,9-10H2,1H3,(H2,17,18,19);1H. The molecular weight excluding hydrogens is 384 g/mol. The molecule has 3 N–H and O–H groups in total. The number of nitrogens with one attached hydrogen (secondary N) is 2. The fourth-order valence-corrected chi connectivity index (χ4v) is 1.87. The number of hydrogen-bond donors (Lipinski definition) is 3. The van der Waals surface area contributed by atoms with Crippen LogP contribution in [-0.4, -0.2) is 30.7 Å². The zero-order valence-corrected chi connectivity index (χ0v) is 14.5. The van der Waals surface area contributed by atoms with Gasteiger partial charge >= 0.3 is 0 Å². The molecular formula is C15H23FIN3O. The Morgan fingerprint density at radius 2 is 2.00 bits per heavy atom. The number of benzene rings is 1. The maximum absolute atomic E-state index is 12.8. The number of rotatable bonds is 6. The van der Waals surface area contributed by atoms with Crippen molar-refractivity contribution in [2.24, 2.45) is 10.9 Å². The van der Waals surface area contributed by atoms with Gasteiger partial charge in [0.25, 0.3) is 0 Å². The number of aliphatic imine (C=N–C) groups is 1. The quantitative estimate of drug-likeness (QED) is 0.386. The topological polar surface area (TPSA) is 56.7 Å². The molecule has 6 heteroatoms. The van der Waals surface area contributed by atoms with Gasteiger partial charge in [0.05, 0.1) is 12.6 Å². The first-order chi connectivity index (χ1) is 9.69. The molecule has 0 saturated heterocycles. The highest BCUT2D eigenvalue weighted by Crippen LogP contribution is 2.27. The molecule has 0 amide bonds. The smallest absolute Gasteiger partial charge is 0.191 e. The Bertz CT molecular complexity index is 449. The molecule has 118 valence electrons. The van der Waals surface area contributed by atoms with Gasteiger partial charge < -0.3 is 15.7 Å². The summed E-state index contributed by atoms with van der Waals surface area (Å²) in [6, 6.07) is 5.86. The molecule has 1 aromatic rings. The number of halogens is 2. The van der Waals surface area contributed by atoms with Crippen molar-refractivity contribution in [3.63, 3.8) is 0 Å². The predicted octanol–water partition coefficient (Wildman–Crippen LogP) is 2.44. The molecule has 0 spiro atoms. The summed E-state index contributed by atoms with van der Waals surface area (Å²) in [4.78, 5) is 4.36. The minimum atomic E-state index is -0.716. The van der Waals surface area contributed by atoms with Gasteiger partial charge in [-0.3, -0.25) is 4.99 Å². The molecule has 1 aliphatic carbocycles. The first-order valence-corrected chi connectivity index (χ1v) is 7.14. The fourth-order valence-electron chi connectivity index (χ4n) is 1.87.